The van der Waals surface area contributed by atoms with Gasteiger partial charge in [0.2, 0.25) is 0 Å². The zero-order chi connectivity index (χ0) is 12.8. The molecule has 0 fully saturated rings. The normalized spacial score (nSPS) is 9.24. The molecule has 0 saturated carbocycles. The van der Waals surface area contributed by atoms with Gasteiger partial charge in [-0.1, -0.05) is 12.1 Å². The molecule has 4 nitrogen and oxygen atoms in total. The number of aromatic hydroxyl groups is 2. The smallest absolute Gasteiger partial charge is 0.120 e. The summed E-state index contributed by atoms with van der Waals surface area (Å²) >= 11 is 0. The molecule has 2 aromatic carbocycles. The monoisotopic (exact) mass is 232 g/mol. The van der Waals surface area contributed by atoms with E-state index in [9.17, 15) is 0 Å². The molecule has 6 N–H and O–H groups in total. The first-order chi connectivity index (χ1) is 8.00. The number of nitrogens with two attached hydrogens (primary N) is 2. The zero-order valence-electron chi connectivity index (χ0n) is 9.59. The minimum absolute atomic E-state index is 0.213. The van der Waals surface area contributed by atoms with E-state index in [0.717, 1.165) is 5.56 Å². The van der Waals surface area contributed by atoms with Crippen molar-refractivity contribution in [1.29, 1.82) is 0 Å². The molecule has 0 aliphatic carbocycles. The summed E-state index contributed by atoms with van der Waals surface area (Å²) in [5.41, 5.74) is 12.7. The van der Waals surface area contributed by atoms with E-state index in [4.69, 9.17) is 21.7 Å². The van der Waals surface area contributed by atoms with Crippen LogP contribution < -0.4 is 11.5 Å². The number of hydrogen-bond donors (Lipinski definition) is 4. The van der Waals surface area contributed by atoms with Crippen LogP contribution in [0.2, 0.25) is 0 Å². The summed E-state index contributed by atoms with van der Waals surface area (Å²) in [5.74, 6) is 0.472. The highest BCUT2D eigenvalue weighted by molar-refractivity contribution is 5.52. The van der Waals surface area contributed by atoms with Gasteiger partial charge < -0.3 is 21.7 Å². The molecule has 0 aromatic heterocycles. The second-order valence-electron chi connectivity index (χ2n) is 3.59. The van der Waals surface area contributed by atoms with Gasteiger partial charge in [0.1, 0.15) is 11.5 Å². The van der Waals surface area contributed by atoms with Crippen LogP contribution in [-0.4, -0.2) is 10.2 Å². The van der Waals surface area contributed by atoms with Gasteiger partial charge in [0.05, 0.1) is 0 Å². The Hall–Kier alpha value is -2.36. The quantitative estimate of drug-likeness (QED) is 0.524. The van der Waals surface area contributed by atoms with E-state index >= 15 is 0 Å². The van der Waals surface area contributed by atoms with Crippen molar-refractivity contribution in [2.24, 2.45) is 0 Å². The number of phenolic OH excluding ortho intramolecular Hbond substituents is 2. The van der Waals surface area contributed by atoms with Crippen molar-refractivity contribution < 1.29 is 10.2 Å². The van der Waals surface area contributed by atoms with Gasteiger partial charge >= 0.3 is 0 Å². The van der Waals surface area contributed by atoms with Gasteiger partial charge in [0.15, 0.2) is 0 Å². The molecular weight excluding hydrogens is 216 g/mol. The number of rotatable bonds is 0. The minimum atomic E-state index is 0.213. The van der Waals surface area contributed by atoms with Crippen LogP contribution in [0.25, 0.3) is 0 Å². The highest BCUT2D eigenvalue weighted by atomic mass is 16.3. The van der Waals surface area contributed by atoms with Crippen molar-refractivity contribution in [3.8, 4) is 11.5 Å². The van der Waals surface area contributed by atoms with Crippen molar-refractivity contribution >= 4 is 11.4 Å². The van der Waals surface area contributed by atoms with E-state index in [0.29, 0.717) is 11.4 Å². The van der Waals surface area contributed by atoms with Crippen LogP contribution in [-0.2, 0) is 0 Å². The van der Waals surface area contributed by atoms with E-state index in [2.05, 4.69) is 0 Å². The van der Waals surface area contributed by atoms with Gasteiger partial charge in [-0.05, 0) is 31.2 Å². The van der Waals surface area contributed by atoms with Crippen LogP contribution in [0.15, 0.2) is 42.5 Å². The summed E-state index contributed by atoms with van der Waals surface area (Å²) in [6.07, 6.45) is 0. The maximum Gasteiger partial charge on any atom is 0.120 e. The van der Waals surface area contributed by atoms with Gasteiger partial charge in [-0.2, -0.15) is 0 Å². The number of nitrogen functional groups attached to an aromatic ring is 2. The fourth-order valence-electron chi connectivity index (χ4n) is 1.17. The standard InChI is InChI=1S/C7H9NO.C6H7NO/c1-5-6(8)3-2-4-7(5)9;7-5-2-1-3-6(8)4-5/h2-4,9H,8H2,1H3;1-4,8H,7H2. The number of hydrogen-bond acceptors (Lipinski definition) is 4. The first-order valence-electron chi connectivity index (χ1n) is 5.09. The second-order valence-corrected chi connectivity index (χ2v) is 3.59. The Morgan fingerprint density at radius 3 is 2.00 bits per heavy atom. The first-order valence-corrected chi connectivity index (χ1v) is 5.09. The predicted molar refractivity (Wildman–Crippen MR) is 69.8 cm³/mol. The van der Waals surface area contributed by atoms with E-state index in [1.54, 1.807) is 43.3 Å². The minimum Gasteiger partial charge on any atom is -0.508 e. The van der Waals surface area contributed by atoms with Gasteiger partial charge in [-0.15, -0.1) is 0 Å². The van der Waals surface area contributed by atoms with Crippen molar-refractivity contribution in [3.05, 3.63) is 48.0 Å². The lowest BCUT2D eigenvalue weighted by Gasteiger charge is -1.99. The van der Waals surface area contributed by atoms with Crippen molar-refractivity contribution in [1.82, 2.24) is 0 Å². The Balaban J connectivity index is 0.000000171. The average molecular weight is 232 g/mol. The molecular formula is C13H16N2O2. The number of anilines is 2. The molecule has 2 aromatic rings. The molecule has 0 atom stereocenters. The first kappa shape index (κ1) is 12.7. The van der Waals surface area contributed by atoms with E-state index < -0.39 is 0 Å². The molecule has 0 unspecified atom stereocenters. The van der Waals surface area contributed by atoms with E-state index in [1.807, 2.05) is 0 Å². The summed E-state index contributed by atoms with van der Waals surface area (Å²) in [7, 11) is 0. The lowest BCUT2D eigenvalue weighted by molar-refractivity contribution is 0.471. The van der Waals surface area contributed by atoms with Gasteiger partial charge in [-0.3, -0.25) is 0 Å². The molecule has 17 heavy (non-hydrogen) atoms. The van der Waals surface area contributed by atoms with Crippen LogP contribution in [0.5, 0.6) is 11.5 Å². The van der Waals surface area contributed by atoms with Gasteiger partial charge in [0, 0.05) is 23.0 Å². The van der Waals surface area contributed by atoms with Crippen LogP contribution in [0.3, 0.4) is 0 Å². The molecule has 0 aliphatic heterocycles. The van der Waals surface area contributed by atoms with Crippen LogP contribution in [0.1, 0.15) is 5.56 Å². The predicted octanol–water partition coefficient (Wildman–Crippen LogP) is 2.26. The summed E-state index contributed by atoms with van der Waals surface area (Å²) in [4.78, 5) is 0. The van der Waals surface area contributed by atoms with Gasteiger partial charge in [-0.25, -0.2) is 0 Å². The van der Waals surface area contributed by atoms with Crippen molar-refractivity contribution in [2.45, 2.75) is 6.92 Å². The highest BCUT2D eigenvalue weighted by Gasteiger charge is 1.95. The third kappa shape index (κ3) is 3.95. The molecule has 0 radical (unpaired) electrons. The fourth-order valence-corrected chi connectivity index (χ4v) is 1.17. The van der Waals surface area contributed by atoms with E-state index in [1.165, 1.54) is 6.07 Å². The molecule has 90 valence electrons. The molecule has 0 saturated heterocycles. The Morgan fingerprint density at radius 1 is 0.941 bits per heavy atom. The molecule has 2 rings (SSSR count). The Labute approximate surface area is 100 Å². The third-order valence-corrected chi connectivity index (χ3v) is 2.22. The SMILES string of the molecule is Cc1c(N)cccc1O.Nc1cccc(O)c1. The Morgan fingerprint density at radius 2 is 1.59 bits per heavy atom. The topological polar surface area (TPSA) is 92.5 Å². The summed E-state index contributed by atoms with van der Waals surface area (Å²) in [5, 5.41) is 17.8. The number of benzene rings is 2. The molecule has 0 bridgehead atoms. The van der Waals surface area contributed by atoms with Crippen molar-refractivity contribution in [2.75, 3.05) is 11.5 Å². The average Bonchev–Trinajstić information content (AvgIpc) is 2.26. The largest absolute Gasteiger partial charge is 0.508 e. The number of phenols is 2. The molecule has 0 aliphatic rings. The molecule has 0 spiro atoms. The van der Waals surface area contributed by atoms with Crippen LogP contribution in [0, 0.1) is 6.92 Å². The maximum atomic E-state index is 9.02. The molecule has 4 heteroatoms. The molecule has 0 amide bonds. The lowest BCUT2D eigenvalue weighted by Crippen LogP contribution is -1.87. The fraction of sp³-hybridized carbons (Fsp3) is 0.0769. The zero-order valence-corrected chi connectivity index (χ0v) is 9.59. The van der Waals surface area contributed by atoms with Crippen LogP contribution in [0.4, 0.5) is 11.4 Å². The Kier molecular flexibility index (Phi) is 4.22. The molecule has 0 heterocycles. The lowest BCUT2D eigenvalue weighted by atomic mass is 10.2. The third-order valence-electron chi connectivity index (χ3n) is 2.22. The summed E-state index contributed by atoms with van der Waals surface area (Å²) < 4.78 is 0. The summed E-state index contributed by atoms with van der Waals surface area (Å²) in [6, 6.07) is 11.6. The maximum absolute atomic E-state index is 9.02. The van der Waals surface area contributed by atoms with E-state index in [-0.39, 0.29) is 11.5 Å². The highest BCUT2D eigenvalue weighted by Crippen LogP contribution is 2.20. The van der Waals surface area contributed by atoms with Gasteiger partial charge in [0.25, 0.3) is 0 Å². The van der Waals surface area contributed by atoms with Crippen molar-refractivity contribution in [3.63, 3.8) is 0 Å². The summed E-state index contributed by atoms with van der Waals surface area (Å²) in [6.45, 7) is 1.78. The second kappa shape index (κ2) is 5.65. The Bertz CT molecular complexity index is 461. The van der Waals surface area contributed by atoms with Crippen LogP contribution >= 0.6 is 0 Å².